The van der Waals surface area contributed by atoms with E-state index in [0.717, 1.165) is 22.4 Å². The summed E-state index contributed by atoms with van der Waals surface area (Å²) in [6.07, 6.45) is 1.56. The van der Waals surface area contributed by atoms with Crippen LogP contribution in [0.5, 0.6) is 5.88 Å². The Bertz CT molecular complexity index is 1800. The largest absolute Gasteiger partial charge is 0.477 e. The molecule has 10 nitrogen and oxygen atoms in total. The van der Waals surface area contributed by atoms with E-state index in [0.29, 0.717) is 12.1 Å². The van der Waals surface area contributed by atoms with Crippen molar-refractivity contribution in [1.82, 2.24) is 29.7 Å². The molecule has 2 N–H and O–H groups in total. The average Bonchev–Trinajstić information content (AvgIpc) is 3.38. The maximum absolute atomic E-state index is 13.6. The van der Waals surface area contributed by atoms with Crippen molar-refractivity contribution >= 4 is 29.2 Å². The molecule has 5 rings (SSSR count). The molecule has 43 heavy (non-hydrogen) atoms. The van der Waals surface area contributed by atoms with Gasteiger partial charge >= 0.3 is 12.1 Å². The van der Waals surface area contributed by atoms with Gasteiger partial charge in [0.1, 0.15) is 11.4 Å². The molecule has 220 valence electrons. The third-order valence-electron chi connectivity index (χ3n) is 6.09. The number of anilines is 2. The summed E-state index contributed by atoms with van der Waals surface area (Å²) in [5, 5.41) is 16.2. The van der Waals surface area contributed by atoms with Gasteiger partial charge in [-0.3, -0.25) is 4.98 Å². The Hall–Kier alpha value is -5.11. The van der Waals surface area contributed by atoms with Crippen molar-refractivity contribution in [2.75, 3.05) is 11.9 Å². The molecule has 0 aliphatic carbocycles. The predicted molar refractivity (Wildman–Crippen MR) is 147 cm³/mol. The Balaban J connectivity index is 1.54. The number of halogens is 5. The van der Waals surface area contributed by atoms with Crippen molar-refractivity contribution in [2.45, 2.75) is 19.5 Å². The minimum absolute atomic E-state index is 0.0765. The van der Waals surface area contributed by atoms with Crippen LogP contribution >= 0.6 is 11.6 Å². The van der Waals surface area contributed by atoms with Crippen LogP contribution in [0.3, 0.4) is 0 Å². The quantitative estimate of drug-likeness (QED) is 0.184. The lowest BCUT2D eigenvalue weighted by molar-refractivity contribution is -0.141. The number of aryl methyl sites for hydroxylation is 1. The summed E-state index contributed by atoms with van der Waals surface area (Å²) in [5.41, 5.74) is 0.183. The summed E-state index contributed by atoms with van der Waals surface area (Å²) in [6.45, 7) is 1.53. The molecule has 0 unspecified atom stereocenters. The van der Waals surface area contributed by atoms with Crippen LogP contribution in [0.4, 0.5) is 29.2 Å². The van der Waals surface area contributed by atoms with Gasteiger partial charge in [-0.15, -0.1) is 0 Å². The van der Waals surface area contributed by atoms with Crippen LogP contribution in [0, 0.1) is 12.7 Å². The van der Waals surface area contributed by atoms with Gasteiger partial charge < -0.3 is 15.2 Å². The van der Waals surface area contributed by atoms with Gasteiger partial charge in [-0.1, -0.05) is 11.6 Å². The number of aromatic carboxylic acids is 1. The summed E-state index contributed by atoms with van der Waals surface area (Å²) >= 11 is 5.85. The van der Waals surface area contributed by atoms with E-state index in [-0.39, 0.29) is 51.7 Å². The van der Waals surface area contributed by atoms with Gasteiger partial charge in [0.25, 0.3) is 0 Å². The average molecular weight is 614 g/mol. The van der Waals surface area contributed by atoms with Gasteiger partial charge in [0.2, 0.25) is 11.8 Å². The first-order chi connectivity index (χ1) is 20.5. The molecule has 0 aliphatic heterocycles. The molecule has 0 amide bonds. The predicted octanol–water partition coefficient (Wildman–Crippen LogP) is 6.30. The molecule has 0 radical (unpaired) electrons. The molecule has 0 aliphatic rings. The first-order valence-electron chi connectivity index (χ1n) is 12.5. The van der Waals surface area contributed by atoms with Gasteiger partial charge in [-0.2, -0.15) is 23.3 Å². The van der Waals surface area contributed by atoms with Crippen LogP contribution in [0.25, 0.3) is 16.9 Å². The summed E-state index contributed by atoms with van der Waals surface area (Å²) in [4.78, 5) is 28.8. The van der Waals surface area contributed by atoms with Crippen LogP contribution < -0.4 is 10.1 Å². The van der Waals surface area contributed by atoms with Crippen LogP contribution in [-0.4, -0.2) is 47.4 Å². The molecule has 4 heterocycles. The second kappa shape index (κ2) is 12.0. The van der Waals surface area contributed by atoms with Gasteiger partial charge in [0.15, 0.2) is 11.5 Å². The molecular formula is C28H20ClF4N7O3. The van der Waals surface area contributed by atoms with E-state index >= 15 is 0 Å². The van der Waals surface area contributed by atoms with Gasteiger partial charge in [0.05, 0.1) is 11.6 Å². The van der Waals surface area contributed by atoms with E-state index in [1.54, 1.807) is 24.5 Å². The molecule has 0 saturated carbocycles. The monoisotopic (exact) mass is 613 g/mol. The molecule has 1 aromatic carbocycles. The van der Waals surface area contributed by atoms with E-state index in [2.05, 4.69) is 30.4 Å². The summed E-state index contributed by atoms with van der Waals surface area (Å²) in [7, 11) is 0. The molecule has 0 bridgehead atoms. The van der Waals surface area contributed by atoms with Crippen LogP contribution in [0.2, 0.25) is 5.02 Å². The highest BCUT2D eigenvalue weighted by Gasteiger charge is 2.35. The standard InChI is InChI=1S/C28H20ClF4N7O3/c1-15-10-23(28(31,32)33)39-40(15)24-20(14-36-27(38-24)37-18-2-3-22(30)21(29)12-18)17-11-19(26(41)42)25(35-13-17)43-9-6-16-4-7-34-8-5-16/h2-5,7-8,10-14H,6,9H2,1H3,(H,41,42)(H,36,37,38). The second-order valence-electron chi connectivity index (χ2n) is 9.10. The molecule has 0 fully saturated rings. The zero-order chi connectivity index (χ0) is 30.7. The second-order valence-corrected chi connectivity index (χ2v) is 9.51. The topological polar surface area (TPSA) is 128 Å². The highest BCUT2D eigenvalue weighted by molar-refractivity contribution is 6.31. The van der Waals surface area contributed by atoms with Crippen molar-refractivity contribution in [3.05, 3.63) is 101 Å². The van der Waals surface area contributed by atoms with E-state index in [1.807, 2.05) is 0 Å². The Morgan fingerprint density at radius 3 is 2.53 bits per heavy atom. The van der Waals surface area contributed by atoms with Gasteiger partial charge in [0, 0.05) is 53.7 Å². The van der Waals surface area contributed by atoms with Gasteiger partial charge in [-0.25, -0.2) is 23.8 Å². The van der Waals surface area contributed by atoms with Crippen molar-refractivity contribution in [1.29, 1.82) is 0 Å². The minimum atomic E-state index is -4.73. The number of carbonyl (C=O) groups is 1. The number of pyridine rings is 2. The number of rotatable bonds is 9. The first kappa shape index (κ1) is 29.4. The molecule has 4 aromatic heterocycles. The van der Waals surface area contributed by atoms with E-state index < -0.39 is 23.7 Å². The Morgan fingerprint density at radius 2 is 1.86 bits per heavy atom. The SMILES string of the molecule is Cc1cc(C(F)(F)F)nn1-c1nc(Nc2ccc(F)c(Cl)c2)ncc1-c1cnc(OCCc2ccncc2)c(C(=O)O)c1. The zero-order valence-corrected chi connectivity index (χ0v) is 22.9. The number of carboxylic acid groups (broad SMARTS) is 1. The van der Waals surface area contributed by atoms with Crippen molar-refractivity contribution in [3.63, 3.8) is 0 Å². The third-order valence-corrected chi connectivity index (χ3v) is 6.38. The summed E-state index contributed by atoms with van der Waals surface area (Å²) in [6, 6.07) is 9.47. The third kappa shape index (κ3) is 6.70. The van der Waals surface area contributed by atoms with Crippen LogP contribution in [0.15, 0.2) is 67.3 Å². The number of hydrogen-bond donors (Lipinski definition) is 2. The van der Waals surface area contributed by atoms with Crippen molar-refractivity contribution < 1.29 is 32.2 Å². The maximum atomic E-state index is 13.6. The van der Waals surface area contributed by atoms with Crippen LogP contribution in [-0.2, 0) is 12.6 Å². The Labute approximate surface area is 246 Å². The zero-order valence-electron chi connectivity index (χ0n) is 22.1. The number of hydrogen-bond acceptors (Lipinski definition) is 8. The lowest BCUT2D eigenvalue weighted by atomic mass is 10.1. The molecule has 0 saturated heterocycles. The Morgan fingerprint density at radius 1 is 1.09 bits per heavy atom. The molecule has 15 heteroatoms. The van der Waals surface area contributed by atoms with E-state index in [4.69, 9.17) is 16.3 Å². The van der Waals surface area contributed by atoms with Gasteiger partial charge in [-0.05, 0) is 55.0 Å². The summed E-state index contributed by atoms with van der Waals surface area (Å²) in [5.74, 6) is -2.32. The molecule has 5 aromatic rings. The highest BCUT2D eigenvalue weighted by atomic mass is 35.5. The fraction of sp³-hybridized carbons (Fsp3) is 0.143. The Kier molecular flexibility index (Phi) is 8.21. The number of nitrogens with zero attached hydrogens (tertiary/aromatic N) is 6. The van der Waals surface area contributed by atoms with Crippen LogP contribution in [0.1, 0.15) is 27.3 Å². The van der Waals surface area contributed by atoms with Crippen molar-refractivity contribution in [3.8, 4) is 22.8 Å². The lowest BCUT2D eigenvalue weighted by Gasteiger charge is -2.14. The summed E-state index contributed by atoms with van der Waals surface area (Å²) < 4.78 is 60.7. The maximum Gasteiger partial charge on any atom is 0.435 e. The number of aromatic nitrogens is 6. The molecule has 0 atom stereocenters. The lowest BCUT2D eigenvalue weighted by Crippen LogP contribution is -2.11. The molecular weight excluding hydrogens is 594 g/mol. The minimum Gasteiger partial charge on any atom is -0.477 e. The normalized spacial score (nSPS) is 11.4. The van der Waals surface area contributed by atoms with E-state index in [1.165, 1.54) is 37.5 Å². The number of nitrogens with one attached hydrogen (secondary N) is 1. The number of alkyl halides is 3. The smallest absolute Gasteiger partial charge is 0.435 e. The van der Waals surface area contributed by atoms with Crippen molar-refractivity contribution in [2.24, 2.45) is 0 Å². The highest BCUT2D eigenvalue weighted by Crippen LogP contribution is 2.33. The first-order valence-corrected chi connectivity index (χ1v) is 12.9. The number of ether oxygens (including phenoxy) is 1. The molecule has 0 spiro atoms. The fourth-order valence-electron chi connectivity index (χ4n) is 4.01. The van der Waals surface area contributed by atoms with E-state index in [9.17, 15) is 27.5 Å². The fourth-order valence-corrected chi connectivity index (χ4v) is 4.19. The number of benzene rings is 1. The number of carboxylic acids is 1.